The number of benzene rings is 2. The Morgan fingerprint density at radius 3 is 1.66 bits per heavy atom. The predicted molar refractivity (Wildman–Crippen MR) is 140 cm³/mol. The molecule has 2 unspecified atom stereocenters. The van der Waals surface area contributed by atoms with Crippen LogP contribution >= 0.6 is 0 Å². The summed E-state index contributed by atoms with van der Waals surface area (Å²) in [7, 11) is 0. The van der Waals surface area contributed by atoms with E-state index >= 15 is 0 Å². The van der Waals surface area contributed by atoms with Crippen LogP contribution in [0, 0.1) is 35.1 Å². The summed E-state index contributed by atoms with van der Waals surface area (Å²) in [4.78, 5) is 0. The smallest absolute Gasteiger partial charge is 0.165 e. The van der Waals surface area contributed by atoms with Crippen molar-refractivity contribution in [1.82, 2.24) is 0 Å². The molecular formula is C32H40F4O2. The normalized spacial score (nSPS) is 28.3. The zero-order valence-corrected chi connectivity index (χ0v) is 22.3. The van der Waals surface area contributed by atoms with Gasteiger partial charge < -0.3 is 9.84 Å². The van der Waals surface area contributed by atoms with E-state index in [0.717, 1.165) is 64.2 Å². The maximum absolute atomic E-state index is 14.9. The van der Waals surface area contributed by atoms with E-state index in [4.69, 9.17) is 4.74 Å². The summed E-state index contributed by atoms with van der Waals surface area (Å²) < 4.78 is 63.8. The van der Waals surface area contributed by atoms with Crippen LogP contribution in [-0.2, 0) is 4.74 Å². The second kappa shape index (κ2) is 12.1. The summed E-state index contributed by atoms with van der Waals surface area (Å²) in [5.74, 6) is -1.79. The molecule has 2 aromatic carbocycles. The molecule has 0 aromatic heterocycles. The van der Waals surface area contributed by atoms with Gasteiger partial charge in [0.15, 0.2) is 23.3 Å². The number of halogens is 4. The predicted octanol–water partition coefficient (Wildman–Crippen LogP) is 9.18. The number of aliphatic hydroxyl groups is 1. The highest BCUT2D eigenvalue weighted by atomic mass is 19.2. The SMILES string of the molecule is CCCC(O)c1ccc(C2CCC(CCC3CCC(c4ccc(C5CO5)c(F)c4F)CC3)CC2)c(F)c1F. The van der Waals surface area contributed by atoms with Crippen LogP contribution in [0.5, 0.6) is 0 Å². The highest BCUT2D eigenvalue weighted by Gasteiger charge is 2.33. The first-order valence-electron chi connectivity index (χ1n) is 14.6. The van der Waals surface area contributed by atoms with Gasteiger partial charge in [0.25, 0.3) is 0 Å². The van der Waals surface area contributed by atoms with E-state index in [9.17, 15) is 22.7 Å². The second-order valence-corrected chi connectivity index (χ2v) is 11.9. The average Bonchev–Trinajstić information content (AvgIpc) is 3.77. The fourth-order valence-electron chi connectivity index (χ4n) is 6.95. The van der Waals surface area contributed by atoms with Crippen LogP contribution < -0.4 is 0 Å². The molecule has 2 saturated carbocycles. The molecule has 6 heteroatoms. The molecule has 208 valence electrons. The minimum Gasteiger partial charge on any atom is -0.388 e. The van der Waals surface area contributed by atoms with Crippen LogP contribution in [0.3, 0.4) is 0 Å². The Hall–Kier alpha value is -1.92. The molecule has 38 heavy (non-hydrogen) atoms. The average molecular weight is 533 g/mol. The minimum absolute atomic E-state index is 0.0294. The van der Waals surface area contributed by atoms with Gasteiger partial charge >= 0.3 is 0 Å². The standard InChI is InChI=1S/C32H40F4O2/c1-2-3-27(37)25-16-14-23(29(33)31(25)35)21-10-6-19(7-11-21)4-5-20-8-12-22(13-9-20)24-15-17-26(28-18-38-28)32(36)30(24)34/h14-17,19-22,27-28,37H,2-13,18H2,1H3. The molecule has 1 N–H and O–H groups in total. The number of ether oxygens (including phenoxy) is 1. The third-order valence-electron chi connectivity index (χ3n) is 9.44. The van der Waals surface area contributed by atoms with E-state index in [1.54, 1.807) is 24.3 Å². The number of aliphatic hydroxyl groups excluding tert-OH is 1. The summed E-state index contributed by atoms with van der Waals surface area (Å²) in [6.07, 6.45) is 9.77. The molecule has 0 bridgehead atoms. The Morgan fingerprint density at radius 2 is 1.16 bits per heavy atom. The van der Waals surface area contributed by atoms with Gasteiger partial charge in [0.05, 0.1) is 12.7 Å². The first-order chi connectivity index (χ1) is 18.4. The summed E-state index contributed by atoms with van der Waals surface area (Å²) in [6.45, 7) is 2.37. The number of hydrogen-bond acceptors (Lipinski definition) is 2. The molecule has 0 amide bonds. The third-order valence-corrected chi connectivity index (χ3v) is 9.44. The van der Waals surface area contributed by atoms with E-state index in [2.05, 4.69) is 0 Å². The molecule has 0 spiro atoms. The van der Waals surface area contributed by atoms with Crippen LogP contribution in [0.25, 0.3) is 0 Å². The number of hydrogen-bond donors (Lipinski definition) is 1. The van der Waals surface area contributed by atoms with Crippen LogP contribution in [0.15, 0.2) is 24.3 Å². The van der Waals surface area contributed by atoms with Crippen molar-refractivity contribution in [3.63, 3.8) is 0 Å². The van der Waals surface area contributed by atoms with Gasteiger partial charge in [-0.15, -0.1) is 0 Å². The van der Waals surface area contributed by atoms with Gasteiger partial charge in [-0.1, -0.05) is 50.5 Å². The molecule has 2 aromatic rings. The van der Waals surface area contributed by atoms with Gasteiger partial charge in [-0.2, -0.15) is 0 Å². The molecule has 5 rings (SSSR count). The van der Waals surface area contributed by atoms with Gasteiger partial charge in [0, 0.05) is 11.1 Å². The topological polar surface area (TPSA) is 32.8 Å². The Bertz CT molecular complexity index is 1100. The van der Waals surface area contributed by atoms with Gasteiger partial charge in [0.1, 0.15) is 6.10 Å². The van der Waals surface area contributed by atoms with Crippen molar-refractivity contribution in [3.8, 4) is 0 Å². The van der Waals surface area contributed by atoms with E-state index in [0.29, 0.717) is 48.0 Å². The molecule has 0 radical (unpaired) electrons. The fraction of sp³-hybridized carbons (Fsp3) is 0.625. The molecule has 2 aliphatic carbocycles. The van der Waals surface area contributed by atoms with E-state index in [1.165, 1.54) is 0 Å². The quantitative estimate of drug-likeness (QED) is 0.258. The maximum atomic E-state index is 14.9. The fourth-order valence-corrected chi connectivity index (χ4v) is 6.95. The third kappa shape index (κ3) is 5.96. The Labute approximate surface area is 223 Å². The molecular weight excluding hydrogens is 492 g/mol. The largest absolute Gasteiger partial charge is 0.388 e. The van der Waals surface area contributed by atoms with Crippen molar-refractivity contribution in [2.75, 3.05) is 6.61 Å². The first kappa shape index (κ1) is 27.6. The van der Waals surface area contributed by atoms with E-state index in [-0.39, 0.29) is 23.5 Å². The Kier molecular flexibility index (Phi) is 8.79. The molecule has 1 aliphatic heterocycles. The van der Waals surface area contributed by atoms with Gasteiger partial charge in [-0.3, -0.25) is 0 Å². The van der Waals surface area contributed by atoms with Crippen LogP contribution in [0.1, 0.15) is 130 Å². The highest BCUT2D eigenvalue weighted by molar-refractivity contribution is 5.32. The van der Waals surface area contributed by atoms with Crippen molar-refractivity contribution in [2.24, 2.45) is 11.8 Å². The van der Waals surface area contributed by atoms with Gasteiger partial charge in [-0.25, -0.2) is 17.6 Å². The van der Waals surface area contributed by atoms with Crippen LogP contribution in [0.2, 0.25) is 0 Å². The number of rotatable bonds is 9. The lowest BCUT2D eigenvalue weighted by molar-refractivity contribution is 0.160. The van der Waals surface area contributed by atoms with Crippen molar-refractivity contribution < 1.29 is 27.4 Å². The summed E-state index contributed by atoms with van der Waals surface area (Å²) in [5, 5.41) is 10.1. The molecule has 3 fully saturated rings. The van der Waals surface area contributed by atoms with Crippen molar-refractivity contribution in [3.05, 3.63) is 69.8 Å². The summed E-state index contributed by atoms with van der Waals surface area (Å²) in [5.41, 5.74) is 1.37. The van der Waals surface area contributed by atoms with E-state index < -0.39 is 29.4 Å². The lowest BCUT2D eigenvalue weighted by Gasteiger charge is -2.32. The second-order valence-electron chi connectivity index (χ2n) is 11.9. The van der Waals surface area contributed by atoms with Crippen molar-refractivity contribution in [1.29, 1.82) is 0 Å². The Balaban J connectivity index is 1.07. The Morgan fingerprint density at radius 1 is 0.711 bits per heavy atom. The minimum atomic E-state index is -0.961. The monoisotopic (exact) mass is 532 g/mol. The first-order valence-corrected chi connectivity index (χ1v) is 14.6. The number of epoxide rings is 1. The van der Waals surface area contributed by atoms with E-state index in [1.807, 2.05) is 6.92 Å². The van der Waals surface area contributed by atoms with Crippen LogP contribution in [0.4, 0.5) is 17.6 Å². The maximum Gasteiger partial charge on any atom is 0.165 e. The molecule has 1 heterocycles. The summed E-state index contributed by atoms with van der Waals surface area (Å²) in [6, 6.07) is 6.69. The molecule has 2 nitrogen and oxygen atoms in total. The van der Waals surface area contributed by atoms with Crippen molar-refractivity contribution in [2.45, 2.75) is 108 Å². The molecule has 2 atom stereocenters. The highest BCUT2D eigenvalue weighted by Crippen LogP contribution is 2.44. The van der Waals surface area contributed by atoms with Crippen LogP contribution in [-0.4, -0.2) is 11.7 Å². The zero-order valence-electron chi connectivity index (χ0n) is 22.3. The van der Waals surface area contributed by atoms with Gasteiger partial charge in [0.2, 0.25) is 0 Å². The molecule has 1 saturated heterocycles. The van der Waals surface area contributed by atoms with Crippen molar-refractivity contribution >= 4 is 0 Å². The lowest BCUT2D eigenvalue weighted by atomic mass is 9.73. The zero-order chi connectivity index (χ0) is 26.8. The van der Waals surface area contributed by atoms with Gasteiger partial charge in [-0.05, 0) is 92.6 Å². The molecule has 3 aliphatic rings. The lowest BCUT2D eigenvalue weighted by Crippen LogP contribution is -2.18. The summed E-state index contributed by atoms with van der Waals surface area (Å²) >= 11 is 0.